The molecule has 0 aliphatic rings. The monoisotopic (exact) mass is 308 g/mol. The maximum atomic E-state index is 12.1. The van der Waals surface area contributed by atoms with Crippen LogP contribution < -0.4 is 0 Å². The Hall–Kier alpha value is -0.203. The van der Waals surface area contributed by atoms with E-state index in [2.05, 4.69) is 20.8 Å². The van der Waals surface area contributed by atoms with E-state index in [1.165, 1.54) is 0 Å². The van der Waals surface area contributed by atoms with E-state index < -0.39 is 29.0 Å². The standard InChI is InChI=1S/C13H28O4SSi/c1-12(2,3)18(15,16)10-11(9-14)17-19(7,8)13(4,5)6/h9,11H,10H2,1-8H3/t11-/m0/s1. The molecule has 0 saturated carbocycles. The van der Waals surface area contributed by atoms with Gasteiger partial charge >= 0.3 is 0 Å². The smallest absolute Gasteiger partial charge is 0.193 e. The molecule has 0 saturated heterocycles. The van der Waals surface area contributed by atoms with Gasteiger partial charge in [0.05, 0.1) is 10.5 Å². The van der Waals surface area contributed by atoms with Crippen LogP contribution in [0.4, 0.5) is 0 Å². The molecule has 0 spiro atoms. The lowest BCUT2D eigenvalue weighted by Crippen LogP contribution is -2.47. The average Bonchev–Trinajstić information content (AvgIpc) is 2.12. The summed E-state index contributed by atoms with van der Waals surface area (Å²) in [4.78, 5) is 11.1. The number of hydrogen-bond donors (Lipinski definition) is 0. The number of carbonyl (C=O) groups is 1. The third-order valence-electron chi connectivity index (χ3n) is 3.72. The van der Waals surface area contributed by atoms with Gasteiger partial charge in [-0.05, 0) is 38.9 Å². The molecule has 0 bridgehead atoms. The summed E-state index contributed by atoms with van der Waals surface area (Å²) in [5.41, 5.74) is 0. The third-order valence-corrected chi connectivity index (χ3v) is 10.9. The maximum Gasteiger partial charge on any atom is 0.193 e. The van der Waals surface area contributed by atoms with Gasteiger partial charge in [-0.15, -0.1) is 0 Å². The first kappa shape index (κ1) is 18.8. The van der Waals surface area contributed by atoms with Crippen LogP contribution in [-0.4, -0.2) is 39.6 Å². The molecule has 0 heterocycles. The van der Waals surface area contributed by atoms with E-state index in [1.807, 2.05) is 13.1 Å². The van der Waals surface area contributed by atoms with E-state index in [0.29, 0.717) is 6.29 Å². The van der Waals surface area contributed by atoms with Crippen molar-refractivity contribution in [3.8, 4) is 0 Å². The van der Waals surface area contributed by atoms with Crippen molar-refractivity contribution in [1.82, 2.24) is 0 Å². The lowest BCUT2D eigenvalue weighted by molar-refractivity contribution is -0.113. The van der Waals surface area contributed by atoms with E-state index in [-0.39, 0.29) is 10.8 Å². The number of rotatable bonds is 5. The molecular weight excluding hydrogens is 280 g/mol. The molecule has 0 amide bonds. The van der Waals surface area contributed by atoms with Gasteiger partial charge in [-0.3, -0.25) is 0 Å². The van der Waals surface area contributed by atoms with E-state index in [0.717, 1.165) is 0 Å². The van der Waals surface area contributed by atoms with Gasteiger partial charge in [0, 0.05) is 0 Å². The van der Waals surface area contributed by atoms with Crippen molar-refractivity contribution in [2.75, 3.05) is 5.75 Å². The molecule has 6 heteroatoms. The van der Waals surface area contributed by atoms with Crippen LogP contribution in [0.2, 0.25) is 18.1 Å². The molecule has 0 aromatic carbocycles. The van der Waals surface area contributed by atoms with Crippen molar-refractivity contribution >= 4 is 24.4 Å². The fourth-order valence-corrected chi connectivity index (χ4v) is 3.57. The van der Waals surface area contributed by atoms with Gasteiger partial charge in [0.15, 0.2) is 18.2 Å². The number of carbonyl (C=O) groups excluding carboxylic acids is 1. The lowest BCUT2D eigenvalue weighted by atomic mass is 10.2. The Balaban J connectivity index is 5.06. The van der Waals surface area contributed by atoms with Crippen LogP contribution >= 0.6 is 0 Å². The first-order chi connectivity index (χ1) is 8.14. The minimum absolute atomic E-state index is 0.0558. The Bertz CT molecular complexity index is 413. The number of aldehydes is 1. The van der Waals surface area contributed by atoms with Crippen molar-refractivity contribution in [1.29, 1.82) is 0 Å². The predicted octanol–water partition coefficient (Wildman–Crippen LogP) is 2.79. The lowest BCUT2D eigenvalue weighted by Gasteiger charge is -2.38. The Labute approximate surface area is 119 Å². The molecule has 0 unspecified atom stereocenters. The second-order valence-corrected chi connectivity index (χ2v) is 15.0. The zero-order valence-electron chi connectivity index (χ0n) is 13.4. The van der Waals surface area contributed by atoms with Crippen LogP contribution in [-0.2, 0) is 19.1 Å². The molecule has 0 radical (unpaired) electrons. The molecule has 0 aliphatic carbocycles. The van der Waals surface area contributed by atoms with Crippen LogP contribution in [0, 0.1) is 0 Å². The summed E-state index contributed by atoms with van der Waals surface area (Å²) in [6.07, 6.45) is -0.255. The quantitative estimate of drug-likeness (QED) is 0.579. The van der Waals surface area contributed by atoms with Crippen molar-refractivity contribution in [2.45, 2.75) is 70.5 Å². The van der Waals surface area contributed by atoms with Gasteiger partial charge in [-0.2, -0.15) is 0 Å². The molecule has 1 atom stereocenters. The second kappa shape index (κ2) is 5.66. The minimum atomic E-state index is -3.36. The van der Waals surface area contributed by atoms with Gasteiger partial charge in [0.25, 0.3) is 0 Å². The van der Waals surface area contributed by atoms with Crippen LogP contribution in [0.15, 0.2) is 0 Å². The van der Waals surface area contributed by atoms with Gasteiger partial charge in [0.2, 0.25) is 0 Å². The van der Waals surface area contributed by atoms with Crippen LogP contribution in [0.1, 0.15) is 41.5 Å². The van der Waals surface area contributed by atoms with Crippen molar-refractivity contribution < 1.29 is 17.6 Å². The Morgan fingerprint density at radius 3 is 1.79 bits per heavy atom. The average molecular weight is 309 g/mol. The van der Waals surface area contributed by atoms with Crippen LogP contribution in [0.5, 0.6) is 0 Å². The number of sulfone groups is 1. The summed E-state index contributed by atoms with van der Waals surface area (Å²) in [6.45, 7) is 15.1. The fraction of sp³-hybridized carbons (Fsp3) is 0.923. The summed E-state index contributed by atoms with van der Waals surface area (Å²) in [7, 11) is -5.50. The highest BCUT2D eigenvalue weighted by molar-refractivity contribution is 7.92. The van der Waals surface area contributed by atoms with E-state index in [4.69, 9.17) is 4.43 Å². The zero-order valence-corrected chi connectivity index (χ0v) is 15.2. The summed E-state index contributed by atoms with van der Waals surface area (Å²) in [5, 5.41) is -0.0558. The van der Waals surface area contributed by atoms with Gasteiger partial charge in [-0.1, -0.05) is 20.8 Å². The molecular formula is C13H28O4SSi. The highest BCUT2D eigenvalue weighted by Crippen LogP contribution is 2.37. The van der Waals surface area contributed by atoms with Crippen molar-refractivity contribution in [3.63, 3.8) is 0 Å². The molecule has 0 aliphatic heterocycles. The molecule has 0 N–H and O–H groups in total. The highest BCUT2D eigenvalue weighted by atomic mass is 32.2. The largest absolute Gasteiger partial charge is 0.406 e. The summed E-state index contributed by atoms with van der Waals surface area (Å²) in [6, 6.07) is 0. The minimum Gasteiger partial charge on any atom is -0.406 e. The van der Waals surface area contributed by atoms with E-state index in [9.17, 15) is 13.2 Å². The Morgan fingerprint density at radius 2 is 1.53 bits per heavy atom. The number of hydrogen-bond acceptors (Lipinski definition) is 4. The molecule has 4 nitrogen and oxygen atoms in total. The SMILES string of the molecule is CC(C)(C)[Si](C)(C)O[C@@H](C=O)CS(=O)(=O)C(C)(C)C. The highest BCUT2D eigenvalue weighted by Gasteiger charge is 2.41. The summed E-state index contributed by atoms with van der Waals surface area (Å²) >= 11 is 0. The summed E-state index contributed by atoms with van der Waals surface area (Å²) < 4.78 is 29.3. The topological polar surface area (TPSA) is 60.4 Å². The molecule has 0 aromatic heterocycles. The van der Waals surface area contributed by atoms with Crippen molar-refractivity contribution in [3.05, 3.63) is 0 Å². The third kappa shape index (κ3) is 5.00. The van der Waals surface area contributed by atoms with Gasteiger partial charge < -0.3 is 9.22 Å². The molecule has 19 heavy (non-hydrogen) atoms. The first-order valence-corrected chi connectivity index (χ1v) is 11.1. The Kier molecular flexibility index (Phi) is 5.59. The fourth-order valence-electron chi connectivity index (χ4n) is 1.12. The zero-order chi connectivity index (χ0) is 15.7. The second-order valence-electron chi connectivity index (χ2n) is 7.45. The normalized spacial score (nSPS) is 16.2. The van der Waals surface area contributed by atoms with Gasteiger partial charge in [-0.25, -0.2) is 8.42 Å². The molecule has 0 aromatic rings. The summed E-state index contributed by atoms with van der Waals surface area (Å²) in [5.74, 6) is -0.244. The van der Waals surface area contributed by atoms with Crippen LogP contribution in [0.3, 0.4) is 0 Å². The van der Waals surface area contributed by atoms with E-state index >= 15 is 0 Å². The van der Waals surface area contributed by atoms with Gasteiger partial charge in [0.1, 0.15) is 12.4 Å². The van der Waals surface area contributed by atoms with Crippen LogP contribution in [0.25, 0.3) is 0 Å². The molecule has 114 valence electrons. The van der Waals surface area contributed by atoms with E-state index in [1.54, 1.807) is 20.8 Å². The molecule has 0 fully saturated rings. The first-order valence-electron chi connectivity index (χ1n) is 6.49. The van der Waals surface area contributed by atoms with Crippen molar-refractivity contribution in [2.24, 2.45) is 0 Å². The molecule has 0 rings (SSSR count). The Morgan fingerprint density at radius 1 is 1.11 bits per heavy atom. The maximum absolute atomic E-state index is 12.1. The predicted molar refractivity (Wildman–Crippen MR) is 81.7 cm³/mol.